The number of likely N-dealkylation sites (tertiary alicyclic amines) is 1. The van der Waals surface area contributed by atoms with Crippen molar-refractivity contribution in [1.29, 1.82) is 0 Å². The molecule has 0 spiro atoms. The van der Waals surface area contributed by atoms with Gasteiger partial charge in [0.05, 0.1) is 12.7 Å². The molecule has 2 atom stereocenters. The van der Waals surface area contributed by atoms with E-state index in [-0.39, 0.29) is 12.0 Å². The Labute approximate surface area is 113 Å². The summed E-state index contributed by atoms with van der Waals surface area (Å²) in [4.78, 5) is 14.3. The zero-order valence-electron chi connectivity index (χ0n) is 11.0. The number of ether oxygens (including phenoxy) is 2. The Bertz CT molecular complexity index is 430. The maximum Gasteiger partial charge on any atom is 0.323 e. The Kier molecular flexibility index (Phi) is 3.80. The second kappa shape index (κ2) is 5.72. The molecular formula is C15H19NO3. The minimum atomic E-state index is -0.0954. The second-order valence-electron chi connectivity index (χ2n) is 5.20. The van der Waals surface area contributed by atoms with Crippen molar-refractivity contribution in [3.63, 3.8) is 0 Å². The first kappa shape index (κ1) is 12.6. The van der Waals surface area contributed by atoms with Gasteiger partial charge in [-0.3, -0.25) is 9.69 Å². The van der Waals surface area contributed by atoms with Crippen molar-refractivity contribution in [1.82, 2.24) is 4.90 Å². The molecule has 2 aliphatic heterocycles. The fraction of sp³-hybridized carbons (Fsp3) is 0.533. The molecule has 1 aromatic carbocycles. The van der Waals surface area contributed by atoms with E-state index in [1.54, 1.807) is 0 Å². The number of benzene rings is 1. The molecule has 0 N–H and O–H groups in total. The van der Waals surface area contributed by atoms with Crippen LogP contribution in [0, 0.1) is 0 Å². The fourth-order valence-corrected chi connectivity index (χ4v) is 2.57. The maximum absolute atomic E-state index is 12.1. The summed E-state index contributed by atoms with van der Waals surface area (Å²) in [5.41, 5.74) is 1.03. The summed E-state index contributed by atoms with van der Waals surface area (Å²) < 4.78 is 10.7. The summed E-state index contributed by atoms with van der Waals surface area (Å²) in [5, 5.41) is 0. The largest absolute Gasteiger partial charge is 0.460 e. The van der Waals surface area contributed by atoms with E-state index in [1.165, 1.54) is 0 Å². The van der Waals surface area contributed by atoms with Crippen LogP contribution in [0.25, 0.3) is 0 Å². The van der Waals surface area contributed by atoms with Crippen LogP contribution < -0.4 is 0 Å². The summed E-state index contributed by atoms with van der Waals surface area (Å²) in [6.07, 6.45) is 2.31. The first-order chi connectivity index (χ1) is 9.33. The summed E-state index contributed by atoms with van der Waals surface area (Å²) in [5.74, 6) is -0.0954. The Morgan fingerprint density at radius 3 is 2.89 bits per heavy atom. The molecule has 0 aromatic heterocycles. The Hall–Kier alpha value is -1.39. The molecule has 2 fully saturated rings. The van der Waals surface area contributed by atoms with E-state index in [0.29, 0.717) is 12.7 Å². The molecule has 1 aromatic rings. The molecule has 102 valence electrons. The molecule has 2 aliphatic rings. The van der Waals surface area contributed by atoms with Crippen LogP contribution in [0.3, 0.4) is 0 Å². The highest BCUT2D eigenvalue weighted by Crippen LogP contribution is 2.22. The van der Waals surface area contributed by atoms with Crippen LogP contribution in [-0.4, -0.2) is 42.7 Å². The number of esters is 1. The van der Waals surface area contributed by atoms with E-state index >= 15 is 0 Å². The first-order valence-electron chi connectivity index (χ1n) is 6.89. The molecule has 0 radical (unpaired) electrons. The maximum atomic E-state index is 12.1. The van der Waals surface area contributed by atoms with Gasteiger partial charge in [0.25, 0.3) is 0 Å². The second-order valence-corrected chi connectivity index (χ2v) is 5.20. The number of hydrogen-bond acceptors (Lipinski definition) is 4. The molecule has 2 saturated heterocycles. The zero-order valence-corrected chi connectivity index (χ0v) is 11.0. The summed E-state index contributed by atoms with van der Waals surface area (Å²) in [6.45, 7) is 3.04. The quantitative estimate of drug-likeness (QED) is 0.596. The molecule has 0 saturated carbocycles. The van der Waals surface area contributed by atoms with Crippen molar-refractivity contribution in [2.24, 2.45) is 0 Å². The molecule has 0 aliphatic carbocycles. The van der Waals surface area contributed by atoms with Crippen LogP contribution in [0.2, 0.25) is 0 Å². The van der Waals surface area contributed by atoms with Gasteiger partial charge in [0.1, 0.15) is 12.6 Å². The fourth-order valence-electron chi connectivity index (χ4n) is 2.57. The lowest BCUT2D eigenvalue weighted by atomic mass is 10.2. The summed E-state index contributed by atoms with van der Waals surface area (Å²) >= 11 is 0. The minimum absolute atomic E-state index is 0.0760. The zero-order chi connectivity index (χ0) is 13.1. The normalized spacial score (nSPS) is 26.3. The van der Waals surface area contributed by atoms with Crippen LogP contribution >= 0.6 is 0 Å². The predicted octanol–water partition coefficient (Wildman–Crippen LogP) is 1.59. The van der Waals surface area contributed by atoms with Crippen LogP contribution in [0.15, 0.2) is 30.3 Å². The average molecular weight is 261 g/mol. The van der Waals surface area contributed by atoms with Crippen LogP contribution in [-0.2, 0) is 20.9 Å². The Morgan fingerprint density at radius 1 is 1.37 bits per heavy atom. The third-order valence-electron chi connectivity index (χ3n) is 3.70. The standard InChI is InChI=1S/C15H19NO3/c17-15(19-10-12-5-2-1-3-6-12)14-7-4-8-16(14)9-13-11-18-13/h1-3,5-6,13-14H,4,7-11H2/t13?,14-/m0/s1. The Morgan fingerprint density at radius 2 is 2.16 bits per heavy atom. The molecule has 4 nitrogen and oxygen atoms in total. The van der Waals surface area contributed by atoms with E-state index in [2.05, 4.69) is 4.90 Å². The van der Waals surface area contributed by atoms with Gasteiger partial charge in [-0.05, 0) is 24.9 Å². The van der Waals surface area contributed by atoms with Gasteiger partial charge >= 0.3 is 5.97 Å². The smallest absolute Gasteiger partial charge is 0.323 e. The van der Waals surface area contributed by atoms with Gasteiger partial charge in [0.2, 0.25) is 0 Å². The van der Waals surface area contributed by atoms with Gasteiger partial charge in [0.15, 0.2) is 0 Å². The summed E-state index contributed by atoms with van der Waals surface area (Å²) in [7, 11) is 0. The van der Waals surface area contributed by atoms with Gasteiger partial charge < -0.3 is 9.47 Å². The van der Waals surface area contributed by atoms with Gasteiger partial charge in [-0.1, -0.05) is 30.3 Å². The van der Waals surface area contributed by atoms with E-state index in [1.807, 2.05) is 30.3 Å². The highest BCUT2D eigenvalue weighted by molar-refractivity contribution is 5.76. The van der Waals surface area contributed by atoms with Crippen molar-refractivity contribution in [3.05, 3.63) is 35.9 Å². The molecule has 4 heteroatoms. The van der Waals surface area contributed by atoms with Crippen molar-refractivity contribution in [2.45, 2.75) is 31.6 Å². The molecule has 19 heavy (non-hydrogen) atoms. The third kappa shape index (κ3) is 3.33. The van der Waals surface area contributed by atoms with Crippen LogP contribution in [0.1, 0.15) is 18.4 Å². The van der Waals surface area contributed by atoms with Crippen molar-refractivity contribution >= 4 is 5.97 Å². The van der Waals surface area contributed by atoms with Crippen molar-refractivity contribution < 1.29 is 14.3 Å². The first-order valence-corrected chi connectivity index (χ1v) is 6.89. The number of carbonyl (C=O) groups is 1. The number of carbonyl (C=O) groups excluding carboxylic acids is 1. The van der Waals surface area contributed by atoms with Crippen LogP contribution in [0.5, 0.6) is 0 Å². The van der Waals surface area contributed by atoms with Crippen molar-refractivity contribution in [2.75, 3.05) is 19.7 Å². The topological polar surface area (TPSA) is 42.1 Å². The predicted molar refractivity (Wildman–Crippen MR) is 70.6 cm³/mol. The van der Waals surface area contributed by atoms with Gasteiger partial charge in [-0.2, -0.15) is 0 Å². The molecule has 1 unspecified atom stereocenters. The van der Waals surface area contributed by atoms with E-state index in [9.17, 15) is 4.79 Å². The molecule has 0 amide bonds. The monoisotopic (exact) mass is 261 g/mol. The molecular weight excluding hydrogens is 242 g/mol. The third-order valence-corrected chi connectivity index (χ3v) is 3.70. The number of hydrogen-bond donors (Lipinski definition) is 0. The van der Waals surface area contributed by atoms with Crippen molar-refractivity contribution in [3.8, 4) is 0 Å². The van der Waals surface area contributed by atoms with E-state index in [4.69, 9.17) is 9.47 Å². The van der Waals surface area contributed by atoms with Gasteiger partial charge in [-0.15, -0.1) is 0 Å². The van der Waals surface area contributed by atoms with E-state index < -0.39 is 0 Å². The number of nitrogens with zero attached hydrogens (tertiary/aromatic N) is 1. The van der Waals surface area contributed by atoms with Gasteiger partial charge in [0, 0.05) is 6.54 Å². The SMILES string of the molecule is O=C(OCc1ccccc1)[C@@H]1CCCN1CC1CO1. The minimum Gasteiger partial charge on any atom is -0.460 e. The number of epoxide rings is 1. The Balaban J connectivity index is 1.51. The average Bonchev–Trinajstić information content (AvgIpc) is 3.13. The number of rotatable bonds is 5. The van der Waals surface area contributed by atoms with Gasteiger partial charge in [-0.25, -0.2) is 0 Å². The summed E-state index contributed by atoms with van der Waals surface area (Å²) in [6, 6.07) is 9.73. The highest BCUT2D eigenvalue weighted by atomic mass is 16.6. The van der Waals surface area contributed by atoms with E-state index in [0.717, 1.165) is 38.1 Å². The lowest BCUT2D eigenvalue weighted by Gasteiger charge is -2.21. The lowest BCUT2D eigenvalue weighted by molar-refractivity contribution is -0.150. The van der Waals surface area contributed by atoms with Crippen LogP contribution in [0.4, 0.5) is 0 Å². The highest BCUT2D eigenvalue weighted by Gasteiger charge is 2.36. The lowest BCUT2D eigenvalue weighted by Crippen LogP contribution is -2.39. The molecule has 2 heterocycles. The molecule has 0 bridgehead atoms. The molecule has 3 rings (SSSR count).